The number of anilines is 2. The maximum absolute atomic E-state index is 13.0. The predicted octanol–water partition coefficient (Wildman–Crippen LogP) is 5.19. The highest BCUT2D eigenvalue weighted by atomic mass is 16.5. The van der Waals surface area contributed by atoms with Gasteiger partial charge in [0.15, 0.2) is 0 Å². The van der Waals surface area contributed by atoms with Crippen molar-refractivity contribution in [2.45, 2.75) is 25.7 Å². The smallest absolute Gasteiger partial charge is 0.231 e. The Labute approximate surface area is 166 Å². The summed E-state index contributed by atoms with van der Waals surface area (Å²) in [4.78, 5) is 15.3. The summed E-state index contributed by atoms with van der Waals surface area (Å²) in [5.41, 5.74) is 3.02. The third kappa shape index (κ3) is 3.68. The van der Waals surface area contributed by atoms with E-state index in [0.29, 0.717) is 0 Å². The number of carbonyl (C=O) groups is 1. The fraction of sp³-hybridized carbons (Fsp3) is 0.292. The second-order valence-electron chi connectivity index (χ2n) is 7.39. The van der Waals surface area contributed by atoms with Crippen molar-refractivity contribution in [2.24, 2.45) is 0 Å². The lowest BCUT2D eigenvalue weighted by Gasteiger charge is -2.22. The van der Waals surface area contributed by atoms with E-state index in [9.17, 15) is 4.79 Å². The van der Waals surface area contributed by atoms with Crippen LogP contribution in [0.25, 0.3) is 10.8 Å². The Morgan fingerprint density at radius 1 is 1.00 bits per heavy atom. The first-order valence-corrected chi connectivity index (χ1v) is 9.88. The monoisotopic (exact) mass is 374 g/mol. The van der Waals surface area contributed by atoms with Gasteiger partial charge in [0.25, 0.3) is 0 Å². The molecule has 0 radical (unpaired) electrons. The van der Waals surface area contributed by atoms with Gasteiger partial charge in [-0.3, -0.25) is 4.79 Å². The van der Waals surface area contributed by atoms with Gasteiger partial charge in [0.1, 0.15) is 5.75 Å². The van der Waals surface area contributed by atoms with Crippen LogP contribution in [-0.4, -0.2) is 26.1 Å². The first-order valence-electron chi connectivity index (χ1n) is 9.88. The quantitative estimate of drug-likeness (QED) is 0.668. The van der Waals surface area contributed by atoms with E-state index in [1.54, 1.807) is 7.11 Å². The van der Waals surface area contributed by atoms with Crippen molar-refractivity contribution in [2.75, 3.05) is 30.4 Å². The summed E-state index contributed by atoms with van der Waals surface area (Å²) in [6, 6.07) is 20.2. The molecule has 4 heteroatoms. The van der Waals surface area contributed by atoms with Gasteiger partial charge in [-0.05, 0) is 60.4 Å². The topological polar surface area (TPSA) is 41.6 Å². The highest BCUT2D eigenvalue weighted by Gasteiger charge is 2.20. The zero-order chi connectivity index (χ0) is 19.5. The van der Waals surface area contributed by atoms with Gasteiger partial charge in [-0.1, -0.05) is 36.4 Å². The van der Waals surface area contributed by atoms with E-state index in [0.717, 1.165) is 46.5 Å². The van der Waals surface area contributed by atoms with E-state index in [1.807, 2.05) is 49.4 Å². The van der Waals surface area contributed by atoms with Gasteiger partial charge < -0.3 is 15.0 Å². The van der Waals surface area contributed by atoms with E-state index in [-0.39, 0.29) is 11.8 Å². The maximum atomic E-state index is 13.0. The number of benzene rings is 3. The molecule has 4 nitrogen and oxygen atoms in total. The standard InChI is InChI=1S/C24H26N2O2/c1-17(18-9-10-20-16-21(28-2)12-11-19(20)15-18)24(27)25-22-7-3-4-8-23(22)26-13-5-6-14-26/h3-4,7-12,15-17H,5-6,13-14H2,1-2H3,(H,25,27). The molecule has 3 aromatic rings. The molecular weight excluding hydrogens is 348 g/mol. The molecule has 0 spiro atoms. The lowest BCUT2D eigenvalue weighted by Crippen LogP contribution is -2.23. The molecule has 0 aromatic heterocycles. The minimum Gasteiger partial charge on any atom is -0.497 e. The van der Waals surface area contributed by atoms with Crippen LogP contribution in [0.1, 0.15) is 31.2 Å². The molecule has 1 aliphatic heterocycles. The summed E-state index contributed by atoms with van der Waals surface area (Å²) in [6.07, 6.45) is 2.42. The summed E-state index contributed by atoms with van der Waals surface area (Å²) in [6.45, 7) is 4.06. The zero-order valence-corrected chi connectivity index (χ0v) is 16.4. The molecule has 1 fully saturated rings. The van der Waals surface area contributed by atoms with E-state index in [1.165, 1.54) is 12.8 Å². The molecule has 1 unspecified atom stereocenters. The third-order valence-corrected chi connectivity index (χ3v) is 5.57. The van der Waals surface area contributed by atoms with Gasteiger partial charge in [0, 0.05) is 13.1 Å². The molecule has 4 rings (SSSR count). The van der Waals surface area contributed by atoms with Gasteiger partial charge in [0.2, 0.25) is 5.91 Å². The first kappa shape index (κ1) is 18.4. The van der Waals surface area contributed by atoms with Gasteiger partial charge in [0.05, 0.1) is 24.4 Å². The SMILES string of the molecule is COc1ccc2cc(C(C)C(=O)Nc3ccccc3N3CCCC3)ccc2c1. The number of hydrogen-bond acceptors (Lipinski definition) is 3. The second-order valence-corrected chi connectivity index (χ2v) is 7.39. The van der Waals surface area contributed by atoms with Crippen LogP contribution in [0.4, 0.5) is 11.4 Å². The minimum atomic E-state index is -0.238. The summed E-state index contributed by atoms with van der Waals surface area (Å²) >= 11 is 0. The Morgan fingerprint density at radius 2 is 1.71 bits per heavy atom. The van der Waals surface area contributed by atoms with Crippen LogP contribution in [0.3, 0.4) is 0 Å². The summed E-state index contributed by atoms with van der Waals surface area (Å²) < 4.78 is 5.29. The molecule has 1 heterocycles. The Balaban J connectivity index is 1.55. The van der Waals surface area contributed by atoms with Crippen LogP contribution in [0, 0.1) is 0 Å². The number of fused-ring (bicyclic) bond motifs is 1. The largest absolute Gasteiger partial charge is 0.497 e. The second kappa shape index (κ2) is 7.93. The normalized spacial score (nSPS) is 14.9. The van der Waals surface area contributed by atoms with Crippen molar-refractivity contribution in [3.8, 4) is 5.75 Å². The minimum absolute atomic E-state index is 0.0134. The molecule has 0 saturated carbocycles. The van der Waals surface area contributed by atoms with Crippen molar-refractivity contribution >= 4 is 28.1 Å². The number of hydrogen-bond donors (Lipinski definition) is 1. The van der Waals surface area contributed by atoms with E-state index in [2.05, 4.69) is 28.4 Å². The Hall–Kier alpha value is -3.01. The number of nitrogens with zero attached hydrogens (tertiary/aromatic N) is 1. The van der Waals surface area contributed by atoms with Crippen LogP contribution in [-0.2, 0) is 4.79 Å². The van der Waals surface area contributed by atoms with Gasteiger partial charge >= 0.3 is 0 Å². The number of carbonyl (C=O) groups excluding carboxylic acids is 1. The number of amides is 1. The van der Waals surface area contributed by atoms with Crippen molar-refractivity contribution < 1.29 is 9.53 Å². The van der Waals surface area contributed by atoms with E-state index >= 15 is 0 Å². The average Bonchev–Trinajstić information content (AvgIpc) is 3.27. The lowest BCUT2D eigenvalue weighted by molar-refractivity contribution is -0.117. The lowest BCUT2D eigenvalue weighted by atomic mass is 9.97. The molecule has 0 aliphatic carbocycles. The number of rotatable bonds is 5. The van der Waals surface area contributed by atoms with Crippen LogP contribution < -0.4 is 15.0 Å². The van der Waals surface area contributed by atoms with Gasteiger partial charge in [-0.2, -0.15) is 0 Å². The Bertz CT molecular complexity index is 993. The van der Waals surface area contributed by atoms with Crippen molar-refractivity contribution in [3.05, 3.63) is 66.2 Å². The molecule has 28 heavy (non-hydrogen) atoms. The number of ether oxygens (including phenoxy) is 1. The molecule has 0 bridgehead atoms. The first-order chi connectivity index (χ1) is 13.7. The molecule has 144 valence electrons. The molecule has 1 N–H and O–H groups in total. The van der Waals surface area contributed by atoms with Gasteiger partial charge in [-0.25, -0.2) is 0 Å². The highest BCUT2D eigenvalue weighted by Crippen LogP contribution is 2.30. The molecule has 1 saturated heterocycles. The number of methoxy groups -OCH3 is 1. The molecule has 1 aliphatic rings. The van der Waals surface area contributed by atoms with Crippen LogP contribution in [0.15, 0.2) is 60.7 Å². The molecule has 3 aromatic carbocycles. The summed E-state index contributed by atoms with van der Waals surface area (Å²) in [7, 11) is 1.67. The van der Waals surface area contributed by atoms with Crippen molar-refractivity contribution in [1.29, 1.82) is 0 Å². The van der Waals surface area contributed by atoms with E-state index in [4.69, 9.17) is 4.74 Å². The molecule has 1 amide bonds. The van der Waals surface area contributed by atoms with E-state index < -0.39 is 0 Å². The maximum Gasteiger partial charge on any atom is 0.231 e. The fourth-order valence-electron chi connectivity index (χ4n) is 3.84. The average molecular weight is 374 g/mol. The zero-order valence-electron chi connectivity index (χ0n) is 16.4. The third-order valence-electron chi connectivity index (χ3n) is 5.57. The Kier molecular flexibility index (Phi) is 5.20. The van der Waals surface area contributed by atoms with Crippen LogP contribution in [0.5, 0.6) is 5.75 Å². The van der Waals surface area contributed by atoms with Crippen molar-refractivity contribution in [3.63, 3.8) is 0 Å². The fourth-order valence-corrected chi connectivity index (χ4v) is 3.84. The highest BCUT2D eigenvalue weighted by molar-refractivity contribution is 5.99. The van der Waals surface area contributed by atoms with Gasteiger partial charge in [-0.15, -0.1) is 0 Å². The summed E-state index contributed by atoms with van der Waals surface area (Å²) in [5, 5.41) is 5.36. The molecular formula is C24H26N2O2. The predicted molar refractivity (Wildman–Crippen MR) is 115 cm³/mol. The Morgan fingerprint density at radius 3 is 2.50 bits per heavy atom. The number of para-hydroxylation sites is 2. The molecule has 1 atom stereocenters. The van der Waals surface area contributed by atoms with Crippen LogP contribution in [0.2, 0.25) is 0 Å². The summed E-state index contributed by atoms with van der Waals surface area (Å²) in [5.74, 6) is 0.613. The van der Waals surface area contributed by atoms with Crippen molar-refractivity contribution in [1.82, 2.24) is 0 Å². The number of nitrogens with one attached hydrogen (secondary N) is 1. The van der Waals surface area contributed by atoms with Crippen LogP contribution >= 0.6 is 0 Å².